The number of carbonyl (C=O) groups is 3. The molecule has 0 saturated heterocycles. The smallest absolute Gasteiger partial charge is 0.305 e. The number of hydrogen-bond donors (Lipinski definition) is 2. The number of carbonyl (C=O) groups excluding carboxylic acids is 2. The molecule has 1 atom stereocenters. The molecule has 1 saturated carbocycles. The molecule has 2 N–H and O–H groups in total. The van der Waals surface area contributed by atoms with Crippen molar-refractivity contribution in [2.75, 3.05) is 20.3 Å². The van der Waals surface area contributed by atoms with Crippen molar-refractivity contribution in [1.29, 1.82) is 0 Å². The second-order valence-corrected chi connectivity index (χ2v) is 13.1. The van der Waals surface area contributed by atoms with Gasteiger partial charge >= 0.3 is 5.97 Å². The fourth-order valence-electron chi connectivity index (χ4n) is 6.14. The third-order valence-electron chi connectivity index (χ3n) is 8.43. The molecule has 226 valence electrons. The Morgan fingerprint density at radius 3 is 2.29 bits per heavy atom. The number of ether oxygens (including phenoxy) is 1. The van der Waals surface area contributed by atoms with E-state index in [-0.39, 0.29) is 36.2 Å². The topological polar surface area (TPSA) is 108 Å². The van der Waals surface area contributed by atoms with Gasteiger partial charge < -0.3 is 20.1 Å². The van der Waals surface area contributed by atoms with Gasteiger partial charge in [-0.1, -0.05) is 56.1 Å². The zero-order valence-electron chi connectivity index (χ0n) is 24.6. The molecule has 1 aliphatic heterocycles. The third kappa shape index (κ3) is 7.16. The van der Waals surface area contributed by atoms with E-state index in [9.17, 15) is 14.4 Å². The Morgan fingerprint density at radius 2 is 1.74 bits per heavy atom. The van der Waals surface area contributed by atoms with Crippen LogP contribution < -0.4 is 5.32 Å². The lowest BCUT2D eigenvalue weighted by Crippen LogP contribution is -2.51. The maximum absolute atomic E-state index is 14.4. The maximum Gasteiger partial charge on any atom is 0.305 e. The van der Waals surface area contributed by atoms with Gasteiger partial charge in [0.1, 0.15) is 11.4 Å². The van der Waals surface area contributed by atoms with Gasteiger partial charge in [-0.05, 0) is 79.3 Å². The van der Waals surface area contributed by atoms with Crippen molar-refractivity contribution in [3.8, 4) is 0 Å². The summed E-state index contributed by atoms with van der Waals surface area (Å²) in [6, 6.07) is 11.8. The minimum atomic E-state index is -0.978. The van der Waals surface area contributed by atoms with Crippen LogP contribution >= 0.6 is 23.2 Å². The molecule has 1 heterocycles. The largest absolute Gasteiger partial charge is 0.481 e. The zero-order valence-corrected chi connectivity index (χ0v) is 26.1. The highest BCUT2D eigenvalue weighted by Gasteiger charge is 2.52. The highest BCUT2D eigenvalue weighted by atomic mass is 35.5. The van der Waals surface area contributed by atoms with Crippen molar-refractivity contribution >= 4 is 46.7 Å². The van der Waals surface area contributed by atoms with Gasteiger partial charge in [-0.3, -0.25) is 19.4 Å². The molecule has 4 rings (SSSR count). The molecule has 1 spiro atoms. The maximum atomic E-state index is 14.4. The predicted molar refractivity (Wildman–Crippen MR) is 164 cm³/mol. The predicted octanol–water partition coefficient (Wildman–Crippen LogP) is 6.54. The number of aliphatic imine (C=N–C) groups is 1. The Labute approximate surface area is 257 Å². The minimum Gasteiger partial charge on any atom is -0.481 e. The number of carboxylic acid groups (broad SMARTS) is 1. The standard InChI is InChI=1S/C32H39Cl2N3O5/c1-31(2,3)23-9-13-32(14-10-23)36-28(22-17-24(33)19-25(34)18-22)30(41)37(32)26(12-16-42-4)20-5-7-21(8-6-20)29(40)35-15-11-27(38)39/h5-8,17-19,23,26H,9-16H2,1-4H3,(H,35,40)(H,38,39)/t23?,26-,32?/m1/s1. The molecule has 2 aliphatic rings. The van der Waals surface area contributed by atoms with Crippen molar-refractivity contribution in [2.45, 2.75) is 71.0 Å². The SMILES string of the molecule is COCC[C@H](c1ccc(C(=O)NCCC(=O)O)cc1)N1C(=O)C(c2cc(Cl)cc(Cl)c2)=NC12CCC(C(C)(C)C)CC2. The van der Waals surface area contributed by atoms with Crippen molar-refractivity contribution in [3.05, 3.63) is 69.2 Å². The average Bonchev–Trinajstić information content (AvgIpc) is 3.19. The number of methoxy groups -OCH3 is 1. The number of hydrogen-bond acceptors (Lipinski definition) is 5. The van der Waals surface area contributed by atoms with E-state index in [0.29, 0.717) is 45.8 Å². The van der Waals surface area contributed by atoms with Gasteiger partial charge in [-0.25, -0.2) is 0 Å². The molecule has 0 radical (unpaired) electrons. The second-order valence-electron chi connectivity index (χ2n) is 12.2. The molecule has 1 aliphatic carbocycles. The van der Waals surface area contributed by atoms with Gasteiger partial charge in [0, 0.05) is 41.4 Å². The summed E-state index contributed by atoms with van der Waals surface area (Å²) in [4.78, 5) is 44.8. The van der Waals surface area contributed by atoms with Gasteiger partial charge in [-0.2, -0.15) is 0 Å². The van der Waals surface area contributed by atoms with Crippen LogP contribution in [0.5, 0.6) is 0 Å². The van der Waals surface area contributed by atoms with Crippen molar-refractivity contribution in [2.24, 2.45) is 16.3 Å². The molecular formula is C32H39Cl2N3O5. The van der Waals surface area contributed by atoms with Crippen LogP contribution in [0.1, 0.15) is 86.8 Å². The van der Waals surface area contributed by atoms with Crippen molar-refractivity contribution in [3.63, 3.8) is 0 Å². The summed E-state index contributed by atoms with van der Waals surface area (Å²) in [6.07, 6.45) is 3.71. The molecular weight excluding hydrogens is 577 g/mol. The fraction of sp³-hybridized carbons (Fsp3) is 0.500. The van der Waals surface area contributed by atoms with Crippen LogP contribution in [0.3, 0.4) is 0 Å². The summed E-state index contributed by atoms with van der Waals surface area (Å²) >= 11 is 12.7. The zero-order chi connectivity index (χ0) is 30.7. The Balaban J connectivity index is 1.71. The lowest BCUT2D eigenvalue weighted by atomic mass is 9.69. The number of rotatable bonds is 10. The van der Waals surface area contributed by atoms with Gasteiger partial charge in [0.25, 0.3) is 11.8 Å². The quantitative estimate of drug-likeness (QED) is 0.315. The normalized spacial score (nSPS) is 21.4. The Hall–Kier alpha value is -2.94. The van der Waals surface area contributed by atoms with E-state index in [4.69, 9.17) is 38.0 Å². The van der Waals surface area contributed by atoms with Crippen LogP contribution in [0, 0.1) is 11.3 Å². The van der Waals surface area contributed by atoms with Gasteiger partial charge in [0.15, 0.2) is 0 Å². The third-order valence-corrected chi connectivity index (χ3v) is 8.86. The molecule has 1 fully saturated rings. The number of amides is 2. The van der Waals surface area contributed by atoms with E-state index < -0.39 is 11.6 Å². The van der Waals surface area contributed by atoms with Crippen molar-refractivity contribution in [1.82, 2.24) is 10.2 Å². The van der Waals surface area contributed by atoms with E-state index in [1.165, 1.54) is 0 Å². The first kappa shape index (κ1) is 32.0. The molecule has 0 bridgehead atoms. The monoisotopic (exact) mass is 615 g/mol. The van der Waals surface area contributed by atoms with Crippen molar-refractivity contribution < 1.29 is 24.2 Å². The molecule has 2 aromatic carbocycles. The lowest BCUT2D eigenvalue weighted by Gasteiger charge is -2.47. The van der Waals surface area contributed by atoms with Crippen LogP contribution in [0.2, 0.25) is 10.0 Å². The first-order valence-electron chi connectivity index (χ1n) is 14.3. The number of carboxylic acids is 1. The highest BCUT2D eigenvalue weighted by molar-refractivity contribution is 6.47. The number of aliphatic carboxylic acids is 1. The first-order valence-corrected chi connectivity index (χ1v) is 15.1. The summed E-state index contributed by atoms with van der Waals surface area (Å²) < 4.78 is 5.47. The van der Waals surface area contributed by atoms with E-state index in [2.05, 4.69) is 26.1 Å². The summed E-state index contributed by atoms with van der Waals surface area (Å²) in [5.41, 5.74) is 1.64. The second kappa shape index (κ2) is 13.1. The van der Waals surface area contributed by atoms with Crippen LogP contribution in [0.15, 0.2) is 47.5 Å². The van der Waals surface area contributed by atoms with Gasteiger partial charge in [0.05, 0.1) is 12.5 Å². The summed E-state index contributed by atoms with van der Waals surface area (Å²) in [5, 5.41) is 12.3. The highest BCUT2D eigenvalue weighted by Crippen LogP contribution is 2.49. The number of nitrogens with zero attached hydrogens (tertiary/aromatic N) is 2. The number of benzene rings is 2. The van der Waals surface area contributed by atoms with Crippen LogP contribution in [0.4, 0.5) is 0 Å². The molecule has 42 heavy (non-hydrogen) atoms. The Bertz CT molecular complexity index is 1320. The number of halogens is 2. The molecule has 10 heteroatoms. The van der Waals surface area contributed by atoms with E-state index in [0.717, 1.165) is 31.2 Å². The number of nitrogens with one attached hydrogen (secondary N) is 1. The fourth-order valence-corrected chi connectivity index (χ4v) is 6.66. The van der Waals surface area contributed by atoms with E-state index >= 15 is 0 Å². The van der Waals surface area contributed by atoms with Crippen LogP contribution in [-0.2, 0) is 14.3 Å². The average molecular weight is 617 g/mol. The molecule has 8 nitrogen and oxygen atoms in total. The van der Waals surface area contributed by atoms with Crippen LogP contribution in [-0.4, -0.2) is 59.4 Å². The molecule has 2 aromatic rings. The first-order chi connectivity index (χ1) is 19.8. The summed E-state index contributed by atoms with van der Waals surface area (Å²) in [6.45, 7) is 7.25. The van der Waals surface area contributed by atoms with E-state index in [1.54, 1.807) is 37.4 Å². The molecule has 0 aromatic heterocycles. The summed E-state index contributed by atoms with van der Waals surface area (Å²) in [5.74, 6) is -1.00. The minimum absolute atomic E-state index is 0.0420. The van der Waals surface area contributed by atoms with Gasteiger partial charge in [-0.15, -0.1) is 0 Å². The van der Waals surface area contributed by atoms with E-state index in [1.807, 2.05) is 17.0 Å². The Kier molecular flexibility index (Phi) is 10.0. The molecule has 2 amide bonds. The summed E-state index contributed by atoms with van der Waals surface area (Å²) in [7, 11) is 1.63. The lowest BCUT2D eigenvalue weighted by molar-refractivity contribution is -0.137. The Morgan fingerprint density at radius 1 is 1.12 bits per heavy atom. The van der Waals surface area contributed by atoms with Crippen LogP contribution in [0.25, 0.3) is 0 Å². The molecule has 0 unspecified atom stereocenters. The van der Waals surface area contributed by atoms with Gasteiger partial charge in [0.2, 0.25) is 0 Å².